The minimum atomic E-state index is -0.585. The summed E-state index contributed by atoms with van der Waals surface area (Å²) in [7, 11) is 2.94. The quantitative estimate of drug-likeness (QED) is 0.389. The molecule has 4 aromatic rings. The molecule has 0 bridgehead atoms. The first-order chi connectivity index (χ1) is 15.3. The Morgan fingerprint density at radius 2 is 1.25 bits per heavy atom. The van der Waals surface area contributed by atoms with Crippen LogP contribution < -0.4 is 15.2 Å². The number of fused-ring (bicyclic) bond motifs is 2. The van der Waals surface area contributed by atoms with Gasteiger partial charge in [0.25, 0.3) is 11.1 Å². The van der Waals surface area contributed by atoms with Crippen LogP contribution in [0.5, 0.6) is 11.5 Å². The van der Waals surface area contributed by atoms with Crippen LogP contribution in [0.3, 0.4) is 0 Å². The molecular weight excluding hydrogens is 477 g/mol. The van der Waals surface area contributed by atoms with Crippen LogP contribution in [0, 0.1) is 0 Å². The molecule has 2 aromatic carbocycles. The Hall–Kier alpha value is -3.13. The molecule has 32 heavy (non-hydrogen) atoms. The maximum Gasteiger partial charge on any atom is 0.256 e. The van der Waals surface area contributed by atoms with Crippen molar-refractivity contribution in [2.45, 2.75) is 0 Å². The molecule has 0 aliphatic carbocycles. The van der Waals surface area contributed by atoms with Gasteiger partial charge in [-0.3, -0.25) is 19.6 Å². The first-order valence-electron chi connectivity index (χ1n) is 9.01. The number of hydrogen-bond acceptors (Lipinski definition) is 6. The second-order valence-electron chi connectivity index (χ2n) is 6.36. The van der Waals surface area contributed by atoms with E-state index in [2.05, 4.69) is 9.97 Å². The standard InChI is InChI=1S/C11H7Cl2NO2.C11H9ClN2O2/c2*1-16-10-5-9-6(4-7(10)11(13)15)8(12)2-3-14-9/h2-5H,1H3;2-5H,1H3,(H2,13,15). The van der Waals surface area contributed by atoms with Gasteiger partial charge in [0.1, 0.15) is 11.5 Å². The van der Waals surface area contributed by atoms with E-state index in [9.17, 15) is 9.59 Å². The van der Waals surface area contributed by atoms with Crippen LogP contribution >= 0.6 is 34.8 Å². The summed E-state index contributed by atoms with van der Waals surface area (Å²) in [4.78, 5) is 30.7. The lowest BCUT2D eigenvalue weighted by Crippen LogP contribution is -2.12. The average Bonchev–Trinajstić information content (AvgIpc) is 2.78. The molecule has 0 fully saturated rings. The molecule has 0 saturated carbocycles. The van der Waals surface area contributed by atoms with Crippen molar-refractivity contribution in [1.29, 1.82) is 0 Å². The number of benzene rings is 2. The zero-order chi connectivity index (χ0) is 23.4. The molecule has 0 spiro atoms. The van der Waals surface area contributed by atoms with Crippen molar-refractivity contribution in [3.05, 3.63) is 70.0 Å². The van der Waals surface area contributed by atoms with Gasteiger partial charge in [-0.25, -0.2) is 0 Å². The number of nitrogens with zero attached hydrogens (tertiary/aromatic N) is 2. The highest BCUT2D eigenvalue weighted by Gasteiger charge is 2.14. The number of pyridine rings is 2. The number of ether oxygens (including phenoxy) is 2. The van der Waals surface area contributed by atoms with E-state index >= 15 is 0 Å². The highest BCUT2D eigenvalue weighted by molar-refractivity contribution is 6.68. The van der Waals surface area contributed by atoms with Crippen LogP contribution in [0.2, 0.25) is 10.0 Å². The summed E-state index contributed by atoms with van der Waals surface area (Å²) in [6.07, 6.45) is 3.18. The second kappa shape index (κ2) is 9.99. The van der Waals surface area contributed by atoms with Gasteiger partial charge in [0, 0.05) is 35.3 Å². The SMILES string of the molecule is COc1cc2nccc(Cl)c2cc1C(=O)Cl.COc1cc2nccc(Cl)c2cc1C(N)=O. The number of carbonyl (C=O) groups excluding carboxylic acids is 2. The molecule has 10 heteroatoms. The molecule has 0 saturated heterocycles. The number of hydrogen-bond donors (Lipinski definition) is 1. The summed E-state index contributed by atoms with van der Waals surface area (Å²) in [5.41, 5.74) is 7.15. The average molecular weight is 493 g/mol. The highest BCUT2D eigenvalue weighted by Crippen LogP contribution is 2.30. The highest BCUT2D eigenvalue weighted by atomic mass is 35.5. The molecule has 7 nitrogen and oxygen atoms in total. The van der Waals surface area contributed by atoms with Gasteiger partial charge in [-0.2, -0.15) is 0 Å². The van der Waals surface area contributed by atoms with Gasteiger partial charge in [0.15, 0.2) is 0 Å². The Kier molecular flexibility index (Phi) is 7.35. The van der Waals surface area contributed by atoms with Crippen LogP contribution in [-0.4, -0.2) is 35.3 Å². The fraction of sp³-hybridized carbons (Fsp3) is 0.0909. The fourth-order valence-electron chi connectivity index (χ4n) is 2.96. The minimum Gasteiger partial charge on any atom is -0.496 e. The third kappa shape index (κ3) is 4.85. The van der Waals surface area contributed by atoms with Crippen molar-refractivity contribution in [1.82, 2.24) is 9.97 Å². The number of halogens is 3. The van der Waals surface area contributed by atoms with E-state index in [0.717, 1.165) is 0 Å². The van der Waals surface area contributed by atoms with E-state index in [-0.39, 0.29) is 5.56 Å². The van der Waals surface area contributed by atoms with Crippen molar-refractivity contribution in [3.8, 4) is 11.5 Å². The van der Waals surface area contributed by atoms with Gasteiger partial charge in [-0.1, -0.05) is 23.2 Å². The third-order valence-corrected chi connectivity index (χ3v) is 5.36. The van der Waals surface area contributed by atoms with Crippen molar-refractivity contribution in [2.24, 2.45) is 5.73 Å². The summed E-state index contributed by atoms with van der Waals surface area (Å²) in [6, 6.07) is 9.75. The number of amides is 1. The molecule has 2 aromatic heterocycles. The smallest absolute Gasteiger partial charge is 0.256 e. The van der Waals surface area contributed by atoms with Crippen LogP contribution in [0.4, 0.5) is 0 Å². The Balaban J connectivity index is 0.000000181. The van der Waals surface area contributed by atoms with Crippen molar-refractivity contribution in [3.63, 3.8) is 0 Å². The molecular formula is C22H16Cl3N3O4. The van der Waals surface area contributed by atoms with Gasteiger partial charge in [-0.15, -0.1) is 0 Å². The van der Waals surface area contributed by atoms with E-state index < -0.39 is 11.1 Å². The van der Waals surface area contributed by atoms with Gasteiger partial charge in [-0.05, 0) is 35.9 Å². The number of primary amides is 1. The molecule has 0 aliphatic heterocycles. The molecule has 4 rings (SSSR count). The number of aromatic nitrogens is 2. The normalized spacial score (nSPS) is 10.4. The maximum absolute atomic E-state index is 11.2. The lowest BCUT2D eigenvalue weighted by Gasteiger charge is -2.07. The van der Waals surface area contributed by atoms with E-state index in [4.69, 9.17) is 50.0 Å². The first-order valence-corrected chi connectivity index (χ1v) is 10.1. The summed E-state index contributed by atoms with van der Waals surface area (Å²) in [6.45, 7) is 0. The zero-order valence-electron chi connectivity index (χ0n) is 16.9. The van der Waals surface area contributed by atoms with E-state index in [1.54, 1.807) is 48.8 Å². The summed E-state index contributed by atoms with van der Waals surface area (Å²) >= 11 is 17.4. The molecule has 2 heterocycles. The molecule has 2 N–H and O–H groups in total. The minimum absolute atomic E-state index is 0.284. The third-order valence-electron chi connectivity index (χ3n) is 4.50. The fourth-order valence-corrected chi connectivity index (χ4v) is 3.53. The number of carbonyl (C=O) groups is 2. The van der Waals surface area contributed by atoms with E-state index in [1.165, 1.54) is 14.2 Å². The monoisotopic (exact) mass is 491 g/mol. The molecule has 1 amide bonds. The number of rotatable bonds is 4. The van der Waals surface area contributed by atoms with Crippen LogP contribution in [0.1, 0.15) is 20.7 Å². The Morgan fingerprint density at radius 3 is 1.66 bits per heavy atom. The Labute approximate surface area is 198 Å². The lowest BCUT2D eigenvalue weighted by atomic mass is 10.1. The molecule has 0 atom stereocenters. The van der Waals surface area contributed by atoms with Crippen LogP contribution in [-0.2, 0) is 0 Å². The van der Waals surface area contributed by atoms with Gasteiger partial charge >= 0.3 is 0 Å². The number of methoxy groups -OCH3 is 2. The molecule has 0 radical (unpaired) electrons. The summed E-state index contributed by atoms with van der Waals surface area (Å²) in [5.74, 6) is 0.232. The second-order valence-corrected chi connectivity index (χ2v) is 7.52. The maximum atomic E-state index is 11.2. The van der Waals surface area contributed by atoms with Gasteiger partial charge in [0.2, 0.25) is 0 Å². The lowest BCUT2D eigenvalue weighted by molar-refractivity contribution is 0.0996. The molecule has 0 unspecified atom stereocenters. The first kappa shape index (κ1) is 23.5. The predicted molar refractivity (Wildman–Crippen MR) is 125 cm³/mol. The van der Waals surface area contributed by atoms with E-state index in [0.29, 0.717) is 48.9 Å². The molecule has 164 valence electrons. The van der Waals surface area contributed by atoms with Crippen molar-refractivity contribution < 1.29 is 19.1 Å². The largest absolute Gasteiger partial charge is 0.496 e. The zero-order valence-corrected chi connectivity index (χ0v) is 19.1. The summed E-state index contributed by atoms with van der Waals surface area (Å²) < 4.78 is 10.1. The predicted octanol–water partition coefficient (Wildman–Crippen LogP) is 5.27. The number of nitrogens with two attached hydrogens (primary N) is 1. The Morgan fingerprint density at radius 1 is 0.812 bits per heavy atom. The Bertz CT molecular complexity index is 1240. The van der Waals surface area contributed by atoms with Gasteiger partial charge in [0.05, 0.1) is 46.4 Å². The van der Waals surface area contributed by atoms with E-state index in [1.807, 2.05) is 0 Å². The summed E-state index contributed by atoms with van der Waals surface area (Å²) in [5, 5.41) is 1.81. The van der Waals surface area contributed by atoms with Gasteiger partial charge < -0.3 is 15.2 Å². The molecule has 0 aliphatic rings. The van der Waals surface area contributed by atoms with Crippen molar-refractivity contribution >= 4 is 67.8 Å². The topological polar surface area (TPSA) is 104 Å². The van der Waals surface area contributed by atoms with Crippen molar-refractivity contribution in [2.75, 3.05) is 14.2 Å². The van der Waals surface area contributed by atoms with Crippen LogP contribution in [0.25, 0.3) is 21.8 Å². The van der Waals surface area contributed by atoms with Crippen LogP contribution in [0.15, 0.2) is 48.8 Å².